The Morgan fingerprint density at radius 2 is 1.89 bits per heavy atom. The number of rotatable bonds is 4. The van der Waals surface area contributed by atoms with Gasteiger partial charge in [-0.15, -0.1) is 0 Å². The molecule has 9 heteroatoms. The minimum atomic E-state index is -0.611. The number of aromatic hydroxyl groups is 1. The Labute approximate surface area is 207 Å². The maximum atomic E-state index is 14.8. The zero-order valence-corrected chi connectivity index (χ0v) is 19.7. The van der Waals surface area contributed by atoms with Gasteiger partial charge in [0.15, 0.2) is 11.5 Å². The van der Waals surface area contributed by atoms with Gasteiger partial charge in [-0.3, -0.25) is 4.40 Å². The SMILES string of the molecule is [C-]#[N+]c1ccc(-c2nc(N3CC4CCC(C3)C4N)n3ccnc3c2-c2ccc(OC)c(O)c2)cc1F. The summed E-state index contributed by atoms with van der Waals surface area (Å²) >= 11 is 0. The topological polar surface area (TPSA) is 93.3 Å². The first-order chi connectivity index (χ1) is 17.5. The average Bonchev–Trinajstić information content (AvgIpc) is 3.43. The number of nitrogens with zero attached hydrogens (tertiary/aromatic N) is 5. The molecule has 2 fully saturated rings. The standard InChI is InChI=1S/C27H25FN6O2/c1-30-20-7-5-16(11-19(20)28)25-23(15-6-8-22(36-2)21(35)12-15)26-31-9-10-34(26)27(32-25)33-13-17-3-4-18(14-33)24(17)29/h5-12,17-18,24,35H,3-4,13-14,29H2,2H3. The predicted octanol–water partition coefficient (Wildman–Crippen LogP) is 4.64. The summed E-state index contributed by atoms with van der Waals surface area (Å²) in [7, 11) is 1.49. The predicted molar refractivity (Wildman–Crippen MR) is 135 cm³/mol. The molecule has 2 aromatic carbocycles. The second kappa shape index (κ2) is 8.50. The number of phenolic OH excluding ortho intramolecular Hbond substituents is 1. The summed E-state index contributed by atoms with van der Waals surface area (Å²) in [4.78, 5) is 15.2. The molecule has 1 saturated heterocycles. The largest absolute Gasteiger partial charge is 0.504 e. The number of nitrogens with two attached hydrogens (primary N) is 1. The summed E-state index contributed by atoms with van der Waals surface area (Å²) in [5, 5.41) is 10.5. The van der Waals surface area contributed by atoms with E-state index in [9.17, 15) is 9.50 Å². The first kappa shape index (κ1) is 22.3. The number of anilines is 1. The number of methoxy groups -OCH3 is 1. The van der Waals surface area contributed by atoms with Crippen molar-refractivity contribution < 1.29 is 14.2 Å². The monoisotopic (exact) mass is 484 g/mol. The summed E-state index contributed by atoms with van der Waals surface area (Å²) in [6.45, 7) is 8.81. The first-order valence-electron chi connectivity index (χ1n) is 11.9. The smallest absolute Gasteiger partial charge is 0.222 e. The number of fused-ring (bicyclic) bond motifs is 3. The molecule has 0 spiro atoms. The molecule has 1 aliphatic carbocycles. The lowest BCUT2D eigenvalue weighted by Crippen LogP contribution is -2.49. The van der Waals surface area contributed by atoms with Crippen molar-refractivity contribution in [1.29, 1.82) is 0 Å². The van der Waals surface area contributed by atoms with Gasteiger partial charge in [-0.2, -0.15) is 0 Å². The molecule has 1 saturated carbocycles. The molecule has 8 nitrogen and oxygen atoms in total. The zero-order valence-electron chi connectivity index (χ0n) is 19.7. The van der Waals surface area contributed by atoms with Crippen molar-refractivity contribution in [2.75, 3.05) is 25.1 Å². The Balaban J connectivity index is 1.59. The number of phenols is 1. The Bertz CT molecular complexity index is 1510. The van der Waals surface area contributed by atoms with E-state index in [1.165, 1.54) is 19.2 Å². The van der Waals surface area contributed by atoms with Crippen LogP contribution >= 0.6 is 0 Å². The fraction of sp³-hybridized carbons (Fsp3) is 0.296. The molecule has 2 bridgehead atoms. The fourth-order valence-corrected chi connectivity index (χ4v) is 5.68. The number of benzene rings is 2. The number of piperidine rings is 1. The molecule has 2 aromatic heterocycles. The van der Waals surface area contributed by atoms with Crippen LogP contribution in [0.5, 0.6) is 11.5 Å². The number of hydrogen-bond donors (Lipinski definition) is 2. The molecular weight excluding hydrogens is 459 g/mol. The maximum Gasteiger partial charge on any atom is 0.222 e. The van der Waals surface area contributed by atoms with Crippen molar-refractivity contribution in [3.05, 3.63) is 66.0 Å². The molecular formula is C27H25FN6O2. The van der Waals surface area contributed by atoms with Crippen LogP contribution in [0.1, 0.15) is 12.8 Å². The summed E-state index contributed by atoms with van der Waals surface area (Å²) in [5.41, 5.74) is 9.39. The number of ether oxygens (including phenoxy) is 1. The lowest BCUT2D eigenvalue weighted by molar-refractivity contribution is 0.353. The van der Waals surface area contributed by atoms with Crippen LogP contribution in [0.25, 0.3) is 32.9 Å². The normalized spacial score (nSPS) is 21.1. The Morgan fingerprint density at radius 1 is 1.14 bits per heavy atom. The number of hydrogen-bond acceptors (Lipinski definition) is 6. The number of aromatic nitrogens is 3. The van der Waals surface area contributed by atoms with Crippen LogP contribution in [-0.2, 0) is 0 Å². The average molecular weight is 485 g/mol. The van der Waals surface area contributed by atoms with Crippen molar-refractivity contribution in [1.82, 2.24) is 14.4 Å². The van der Waals surface area contributed by atoms with E-state index >= 15 is 0 Å². The van der Waals surface area contributed by atoms with Crippen LogP contribution in [0.15, 0.2) is 48.8 Å². The molecule has 1 aliphatic heterocycles. The molecule has 2 unspecified atom stereocenters. The van der Waals surface area contributed by atoms with Gasteiger partial charge in [-0.05, 0) is 48.4 Å². The Morgan fingerprint density at radius 3 is 2.56 bits per heavy atom. The second-order valence-electron chi connectivity index (χ2n) is 9.50. The van der Waals surface area contributed by atoms with E-state index in [4.69, 9.17) is 22.0 Å². The highest BCUT2D eigenvalue weighted by Gasteiger charge is 2.41. The van der Waals surface area contributed by atoms with Gasteiger partial charge in [0.25, 0.3) is 0 Å². The molecule has 3 N–H and O–H groups in total. The van der Waals surface area contributed by atoms with Crippen molar-refractivity contribution in [3.63, 3.8) is 0 Å². The van der Waals surface area contributed by atoms with Crippen LogP contribution < -0.4 is 15.4 Å². The van der Waals surface area contributed by atoms with Gasteiger partial charge in [0.2, 0.25) is 11.6 Å². The molecule has 182 valence electrons. The second-order valence-corrected chi connectivity index (χ2v) is 9.50. The van der Waals surface area contributed by atoms with Gasteiger partial charge in [-0.1, -0.05) is 18.2 Å². The van der Waals surface area contributed by atoms with Crippen LogP contribution in [-0.4, -0.2) is 45.7 Å². The van der Waals surface area contributed by atoms with E-state index < -0.39 is 5.82 Å². The van der Waals surface area contributed by atoms with Gasteiger partial charge in [0, 0.05) is 37.1 Å². The van der Waals surface area contributed by atoms with Crippen LogP contribution in [0.3, 0.4) is 0 Å². The summed E-state index contributed by atoms with van der Waals surface area (Å²) in [6, 6.07) is 9.79. The van der Waals surface area contributed by atoms with Crippen molar-refractivity contribution in [2.24, 2.45) is 17.6 Å². The quantitative estimate of drug-likeness (QED) is 0.410. The fourth-order valence-electron chi connectivity index (χ4n) is 5.68. The minimum Gasteiger partial charge on any atom is -0.504 e. The molecule has 0 radical (unpaired) electrons. The minimum absolute atomic E-state index is 0.0224. The van der Waals surface area contributed by atoms with E-state index in [-0.39, 0.29) is 17.5 Å². The van der Waals surface area contributed by atoms with Gasteiger partial charge in [0.05, 0.1) is 24.9 Å². The molecule has 4 aromatic rings. The van der Waals surface area contributed by atoms with E-state index in [1.807, 2.05) is 16.7 Å². The van der Waals surface area contributed by atoms with Crippen molar-refractivity contribution in [3.8, 4) is 33.9 Å². The Kier molecular flexibility index (Phi) is 5.27. The molecule has 3 heterocycles. The third-order valence-corrected chi connectivity index (χ3v) is 7.53. The van der Waals surface area contributed by atoms with Gasteiger partial charge in [-0.25, -0.2) is 19.2 Å². The summed E-state index contributed by atoms with van der Waals surface area (Å²) in [6.07, 6.45) is 5.79. The molecule has 6 rings (SSSR count). The third-order valence-electron chi connectivity index (χ3n) is 7.53. The van der Waals surface area contributed by atoms with Crippen molar-refractivity contribution >= 4 is 17.3 Å². The molecule has 0 amide bonds. The summed E-state index contributed by atoms with van der Waals surface area (Å²) in [5.74, 6) is 1.24. The Hall–Kier alpha value is -4.16. The van der Waals surface area contributed by atoms with E-state index in [0.29, 0.717) is 45.6 Å². The highest BCUT2D eigenvalue weighted by atomic mass is 19.1. The number of imidazole rings is 1. The van der Waals surface area contributed by atoms with E-state index in [0.717, 1.165) is 31.9 Å². The molecule has 36 heavy (non-hydrogen) atoms. The van der Waals surface area contributed by atoms with Crippen molar-refractivity contribution in [2.45, 2.75) is 18.9 Å². The lowest BCUT2D eigenvalue weighted by atomic mass is 9.93. The van der Waals surface area contributed by atoms with Gasteiger partial charge < -0.3 is 20.5 Å². The maximum absolute atomic E-state index is 14.8. The first-order valence-corrected chi connectivity index (χ1v) is 11.9. The molecule has 2 atom stereocenters. The number of halogens is 1. The summed E-state index contributed by atoms with van der Waals surface area (Å²) < 4.78 is 21.9. The van der Waals surface area contributed by atoms with E-state index in [2.05, 4.69) is 14.7 Å². The highest BCUT2D eigenvalue weighted by Crippen LogP contribution is 2.42. The lowest BCUT2D eigenvalue weighted by Gasteiger charge is -2.37. The highest BCUT2D eigenvalue weighted by molar-refractivity contribution is 5.92. The van der Waals surface area contributed by atoms with Crippen LogP contribution in [0.2, 0.25) is 0 Å². The van der Waals surface area contributed by atoms with E-state index in [1.54, 1.807) is 24.4 Å². The third kappa shape index (κ3) is 3.45. The van der Waals surface area contributed by atoms with Gasteiger partial charge in [0.1, 0.15) is 11.5 Å². The zero-order chi connectivity index (χ0) is 25.0. The van der Waals surface area contributed by atoms with Crippen LogP contribution in [0, 0.1) is 24.2 Å². The van der Waals surface area contributed by atoms with Gasteiger partial charge >= 0.3 is 0 Å². The molecule has 2 aliphatic rings. The van der Waals surface area contributed by atoms with Crippen LogP contribution in [0.4, 0.5) is 16.0 Å².